The van der Waals surface area contributed by atoms with Gasteiger partial charge in [0.15, 0.2) is 0 Å². The highest BCUT2D eigenvalue weighted by atomic mass is 127. The van der Waals surface area contributed by atoms with Gasteiger partial charge in [0.1, 0.15) is 5.82 Å². The molecule has 0 saturated carbocycles. The van der Waals surface area contributed by atoms with Crippen molar-refractivity contribution in [1.29, 1.82) is 0 Å². The molecular formula is C11H11IN2. The van der Waals surface area contributed by atoms with E-state index in [9.17, 15) is 0 Å². The van der Waals surface area contributed by atoms with Gasteiger partial charge in [-0.05, 0) is 40.3 Å². The van der Waals surface area contributed by atoms with Crippen LogP contribution in [-0.4, -0.2) is 9.55 Å². The summed E-state index contributed by atoms with van der Waals surface area (Å²) < 4.78 is 3.32. The molecule has 0 unspecified atom stereocenters. The minimum atomic E-state index is 0.903. The van der Waals surface area contributed by atoms with Crippen molar-refractivity contribution in [3.63, 3.8) is 0 Å². The Morgan fingerprint density at radius 2 is 2.00 bits per heavy atom. The summed E-state index contributed by atoms with van der Waals surface area (Å²) in [5, 5.41) is 0. The second kappa shape index (κ2) is 4.13. The number of benzene rings is 1. The fraction of sp³-hybridized carbons (Fsp3) is 0.182. The van der Waals surface area contributed by atoms with Gasteiger partial charge in [-0.25, -0.2) is 4.98 Å². The van der Waals surface area contributed by atoms with Crippen LogP contribution >= 0.6 is 22.6 Å². The molecule has 0 fully saturated rings. The first-order valence-corrected chi connectivity index (χ1v) is 5.54. The van der Waals surface area contributed by atoms with E-state index in [1.54, 1.807) is 0 Å². The van der Waals surface area contributed by atoms with E-state index in [2.05, 4.69) is 56.4 Å². The molecule has 14 heavy (non-hydrogen) atoms. The van der Waals surface area contributed by atoms with E-state index in [1.165, 1.54) is 9.13 Å². The fourth-order valence-corrected chi connectivity index (χ4v) is 1.71. The van der Waals surface area contributed by atoms with E-state index in [0.717, 1.165) is 12.2 Å². The van der Waals surface area contributed by atoms with E-state index >= 15 is 0 Å². The first kappa shape index (κ1) is 9.71. The minimum absolute atomic E-state index is 0.903. The standard InChI is InChI=1S/C11H11IN2/c1-14-7-6-13-11(14)8-9-2-4-10(12)5-3-9/h2-7H,8H2,1H3. The van der Waals surface area contributed by atoms with Gasteiger partial charge >= 0.3 is 0 Å². The lowest BCUT2D eigenvalue weighted by molar-refractivity contribution is 0.821. The van der Waals surface area contributed by atoms with E-state index in [1.807, 2.05) is 19.4 Å². The molecule has 0 bridgehead atoms. The Bertz CT molecular complexity index is 417. The van der Waals surface area contributed by atoms with Crippen LogP contribution in [0.4, 0.5) is 0 Å². The van der Waals surface area contributed by atoms with Crippen LogP contribution in [-0.2, 0) is 13.5 Å². The number of hydrogen-bond acceptors (Lipinski definition) is 1. The molecule has 1 heterocycles. The molecule has 0 aliphatic carbocycles. The summed E-state index contributed by atoms with van der Waals surface area (Å²) in [6.07, 6.45) is 4.71. The Balaban J connectivity index is 2.19. The van der Waals surface area contributed by atoms with Gasteiger partial charge in [-0.1, -0.05) is 12.1 Å². The summed E-state index contributed by atoms with van der Waals surface area (Å²) in [4.78, 5) is 4.29. The highest BCUT2D eigenvalue weighted by Crippen LogP contribution is 2.10. The number of aryl methyl sites for hydroxylation is 1. The van der Waals surface area contributed by atoms with Crippen LogP contribution in [0.15, 0.2) is 36.7 Å². The maximum absolute atomic E-state index is 4.29. The quantitative estimate of drug-likeness (QED) is 0.779. The fourth-order valence-electron chi connectivity index (χ4n) is 1.35. The van der Waals surface area contributed by atoms with E-state index in [4.69, 9.17) is 0 Å². The predicted octanol–water partition coefficient (Wildman–Crippen LogP) is 2.62. The van der Waals surface area contributed by atoms with Crippen molar-refractivity contribution in [2.75, 3.05) is 0 Å². The van der Waals surface area contributed by atoms with Crippen LogP contribution in [0.3, 0.4) is 0 Å². The van der Waals surface area contributed by atoms with Crippen molar-refractivity contribution >= 4 is 22.6 Å². The smallest absolute Gasteiger partial charge is 0.112 e. The second-order valence-electron chi connectivity index (χ2n) is 3.26. The van der Waals surface area contributed by atoms with Gasteiger partial charge in [0, 0.05) is 29.4 Å². The van der Waals surface area contributed by atoms with Crippen LogP contribution in [0, 0.1) is 3.57 Å². The maximum atomic E-state index is 4.29. The molecule has 0 amide bonds. The van der Waals surface area contributed by atoms with Gasteiger partial charge in [-0.15, -0.1) is 0 Å². The summed E-state index contributed by atoms with van der Waals surface area (Å²) in [7, 11) is 2.02. The van der Waals surface area contributed by atoms with Crippen LogP contribution in [0.5, 0.6) is 0 Å². The van der Waals surface area contributed by atoms with Crippen molar-refractivity contribution in [1.82, 2.24) is 9.55 Å². The molecule has 0 radical (unpaired) electrons. The molecule has 1 aromatic heterocycles. The van der Waals surface area contributed by atoms with Crippen molar-refractivity contribution in [2.45, 2.75) is 6.42 Å². The third-order valence-electron chi connectivity index (χ3n) is 2.20. The molecule has 0 aliphatic rings. The molecule has 2 aromatic rings. The van der Waals surface area contributed by atoms with Gasteiger partial charge in [0.05, 0.1) is 0 Å². The average molecular weight is 298 g/mol. The Hall–Kier alpha value is -0.840. The summed E-state index contributed by atoms with van der Waals surface area (Å²) in [5.74, 6) is 1.10. The van der Waals surface area contributed by atoms with Gasteiger partial charge in [-0.3, -0.25) is 0 Å². The number of aromatic nitrogens is 2. The highest BCUT2D eigenvalue weighted by Gasteiger charge is 2.00. The lowest BCUT2D eigenvalue weighted by Gasteiger charge is -2.01. The van der Waals surface area contributed by atoms with Crippen LogP contribution < -0.4 is 0 Å². The van der Waals surface area contributed by atoms with Crippen molar-refractivity contribution in [3.05, 3.63) is 51.6 Å². The highest BCUT2D eigenvalue weighted by molar-refractivity contribution is 14.1. The Morgan fingerprint density at radius 1 is 1.29 bits per heavy atom. The lowest BCUT2D eigenvalue weighted by atomic mass is 10.1. The maximum Gasteiger partial charge on any atom is 0.112 e. The summed E-state index contributed by atoms with van der Waals surface area (Å²) in [6, 6.07) is 8.55. The molecule has 0 atom stereocenters. The first-order chi connectivity index (χ1) is 6.75. The molecule has 0 saturated heterocycles. The van der Waals surface area contributed by atoms with E-state index in [-0.39, 0.29) is 0 Å². The zero-order valence-corrected chi connectivity index (χ0v) is 10.1. The third kappa shape index (κ3) is 2.15. The summed E-state index contributed by atoms with van der Waals surface area (Å²) >= 11 is 2.31. The molecular weight excluding hydrogens is 287 g/mol. The van der Waals surface area contributed by atoms with Crippen molar-refractivity contribution in [3.8, 4) is 0 Å². The number of hydrogen-bond donors (Lipinski definition) is 0. The molecule has 2 rings (SSSR count). The minimum Gasteiger partial charge on any atom is -0.338 e. The van der Waals surface area contributed by atoms with E-state index in [0.29, 0.717) is 0 Å². The number of nitrogens with zero attached hydrogens (tertiary/aromatic N) is 2. The zero-order valence-electron chi connectivity index (χ0n) is 7.94. The molecule has 0 N–H and O–H groups in total. The Kier molecular flexibility index (Phi) is 2.86. The average Bonchev–Trinajstić information content (AvgIpc) is 2.56. The number of imidazole rings is 1. The second-order valence-corrected chi connectivity index (χ2v) is 4.50. The number of rotatable bonds is 2. The van der Waals surface area contributed by atoms with Gasteiger partial charge in [0.2, 0.25) is 0 Å². The third-order valence-corrected chi connectivity index (χ3v) is 2.92. The van der Waals surface area contributed by atoms with Crippen LogP contribution in [0.1, 0.15) is 11.4 Å². The van der Waals surface area contributed by atoms with Gasteiger partial charge in [-0.2, -0.15) is 0 Å². The predicted molar refractivity (Wildman–Crippen MR) is 65.2 cm³/mol. The molecule has 0 aliphatic heterocycles. The number of halogens is 1. The topological polar surface area (TPSA) is 17.8 Å². The molecule has 2 nitrogen and oxygen atoms in total. The van der Waals surface area contributed by atoms with E-state index < -0.39 is 0 Å². The molecule has 3 heteroatoms. The SMILES string of the molecule is Cn1ccnc1Cc1ccc(I)cc1. The van der Waals surface area contributed by atoms with Crippen molar-refractivity contribution < 1.29 is 0 Å². The first-order valence-electron chi connectivity index (χ1n) is 4.46. The summed E-state index contributed by atoms with van der Waals surface area (Å²) in [5.41, 5.74) is 1.31. The van der Waals surface area contributed by atoms with Crippen LogP contribution in [0.25, 0.3) is 0 Å². The lowest BCUT2D eigenvalue weighted by Crippen LogP contribution is -1.98. The molecule has 72 valence electrons. The molecule has 0 spiro atoms. The summed E-state index contributed by atoms with van der Waals surface area (Å²) in [6.45, 7) is 0. The molecule has 1 aromatic carbocycles. The monoisotopic (exact) mass is 298 g/mol. The zero-order chi connectivity index (χ0) is 9.97. The normalized spacial score (nSPS) is 10.4. The van der Waals surface area contributed by atoms with Gasteiger partial charge < -0.3 is 4.57 Å². The Morgan fingerprint density at radius 3 is 2.57 bits per heavy atom. The van der Waals surface area contributed by atoms with Gasteiger partial charge in [0.25, 0.3) is 0 Å². The largest absolute Gasteiger partial charge is 0.338 e. The Labute approximate surface area is 97.1 Å². The van der Waals surface area contributed by atoms with Crippen LogP contribution in [0.2, 0.25) is 0 Å². The van der Waals surface area contributed by atoms with Crippen molar-refractivity contribution in [2.24, 2.45) is 7.05 Å².